The number of urea groups is 1. The van der Waals surface area contributed by atoms with Crippen molar-refractivity contribution in [2.75, 3.05) is 16.0 Å². The molecule has 3 rings (SSSR count). The molecule has 2 aromatic carbocycles. The normalized spacial score (nSPS) is 10.4. The van der Waals surface area contributed by atoms with Gasteiger partial charge in [-0.15, -0.1) is 11.3 Å². The van der Waals surface area contributed by atoms with Crippen LogP contribution in [0.15, 0.2) is 47.8 Å². The van der Waals surface area contributed by atoms with E-state index in [-0.39, 0.29) is 12.3 Å². The number of hydrogen-bond acceptors (Lipinski definition) is 4. The largest absolute Gasteiger partial charge is 0.326 e. The second-order valence-corrected chi connectivity index (χ2v) is 7.70. The van der Waals surface area contributed by atoms with Crippen molar-refractivity contribution in [2.24, 2.45) is 0 Å². The van der Waals surface area contributed by atoms with Gasteiger partial charge >= 0.3 is 6.03 Å². The van der Waals surface area contributed by atoms with Gasteiger partial charge in [-0.25, -0.2) is 9.78 Å². The second kappa shape index (κ2) is 9.05. The number of thiazole rings is 1. The molecule has 0 fully saturated rings. The molecular formula is C19H16Cl2N4O2S. The van der Waals surface area contributed by atoms with E-state index < -0.39 is 6.03 Å². The van der Waals surface area contributed by atoms with Crippen LogP contribution >= 0.6 is 34.5 Å². The summed E-state index contributed by atoms with van der Waals surface area (Å²) < 4.78 is 0. The van der Waals surface area contributed by atoms with Crippen LogP contribution in [-0.4, -0.2) is 16.9 Å². The van der Waals surface area contributed by atoms with Crippen LogP contribution < -0.4 is 16.0 Å². The molecule has 0 atom stereocenters. The van der Waals surface area contributed by atoms with Crippen molar-refractivity contribution < 1.29 is 9.59 Å². The number of carbonyl (C=O) groups is 2. The first-order valence-corrected chi connectivity index (χ1v) is 9.86. The SMILES string of the molecule is Cc1ccc(NC(=O)Nc2nc(CC(=O)Nc3cc(Cl)cc(Cl)c3)cs2)cc1. The van der Waals surface area contributed by atoms with Gasteiger partial charge in [0.25, 0.3) is 0 Å². The summed E-state index contributed by atoms with van der Waals surface area (Å²) in [6, 6.07) is 11.8. The van der Waals surface area contributed by atoms with Crippen molar-refractivity contribution in [3.05, 3.63) is 69.1 Å². The zero-order valence-electron chi connectivity index (χ0n) is 14.8. The molecule has 1 heterocycles. The highest BCUT2D eigenvalue weighted by Gasteiger charge is 2.11. The van der Waals surface area contributed by atoms with E-state index in [1.54, 1.807) is 23.6 Å². The van der Waals surface area contributed by atoms with Gasteiger partial charge in [0.2, 0.25) is 5.91 Å². The van der Waals surface area contributed by atoms with Crippen LogP contribution in [0.1, 0.15) is 11.3 Å². The van der Waals surface area contributed by atoms with Gasteiger partial charge in [-0.2, -0.15) is 0 Å². The van der Waals surface area contributed by atoms with Crippen LogP contribution in [0.2, 0.25) is 10.0 Å². The van der Waals surface area contributed by atoms with Crippen LogP contribution in [0.5, 0.6) is 0 Å². The van der Waals surface area contributed by atoms with E-state index in [0.717, 1.165) is 5.56 Å². The molecule has 0 saturated carbocycles. The number of nitrogens with zero attached hydrogens (tertiary/aromatic N) is 1. The maximum Gasteiger partial charge on any atom is 0.325 e. The molecule has 6 nitrogen and oxygen atoms in total. The second-order valence-electron chi connectivity index (χ2n) is 5.97. The number of nitrogens with one attached hydrogen (secondary N) is 3. The topological polar surface area (TPSA) is 83.1 Å². The Bertz CT molecular complexity index is 985. The van der Waals surface area contributed by atoms with Crippen molar-refractivity contribution in [2.45, 2.75) is 13.3 Å². The van der Waals surface area contributed by atoms with Gasteiger partial charge in [-0.05, 0) is 37.3 Å². The minimum atomic E-state index is -0.400. The first-order valence-electron chi connectivity index (χ1n) is 8.22. The summed E-state index contributed by atoms with van der Waals surface area (Å²) in [6.45, 7) is 1.97. The molecule has 0 bridgehead atoms. The van der Waals surface area contributed by atoms with E-state index in [0.29, 0.717) is 32.2 Å². The molecule has 0 aliphatic rings. The molecule has 144 valence electrons. The van der Waals surface area contributed by atoms with Gasteiger partial charge in [0, 0.05) is 26.8 Å². The van der Waals surface area contributed by atoms with E-state index in [4.69, 9.17) is 23.2 Å². The number of anilines is 3. The number of rotatable bonds is 5. The van der Waals surface area contributed by atoms with Gasteiger partial charge in [-0.1, -0.05) is 40.9 Å². The van der Waals surface area contributed by atoms with Crippen molar-refractivity contribution in [3.63, 3.8) is 0 Å². The highest BCUT2D eigenvalue weighted by atomic mass is 35.5. The lowest BCUT2D eigenvalue weighted by atomic mass is 10.2. The minimum absolute atomic E-state index is 0.0574. The van der Waals surface area contributed by atoms with Crippen molar-refractivity contribution in [3.8, 4) is 0 Å². The first-order chi connectivity index (χ1) is 13.4. The molecule has 0 aliphatic carbocycles. The third-order valence-corrected chi connectivity index (χ3v) is 4.81. The number of hydrogen-bond donors (Lipinski definition) is 3. The molecule has 3 amide bonds. The van der Waals surface area contributed by atoms with Crippen LogP contribution in [0, 0.1) is 6.92 Å². The fourth-order valence-corrected chi connectivity index (χ4v) is 3.57. The third-order valence-electron chi connectivity index (χ3n) is 3.57. The van der Waals surface area contributed by atoms with Crippen LogP contribution in [-0.2, 0) is 11.2 Å². The zero-order chi connectivity index (χ0) is 20.1. The van der Waals surface area contributed by atoms with E-state index in [2.05, 4.69) is 20.9 Å². The Kier molecular flexibility index (Phi) is 6.51. The van der Waals surface area contributed by atoms with Crippen molar-refractivity contribution in [1.29, 1.82) is 0 Å². The highest BCUT2D eigenvalue weighted by Crippen LogP contribution is 2.23. The smallest absolute Gasteiger partial charge is 0.325 e. The van der Waals surface area contributed by atoms with Gasteiger partial charge in [0.15, 0.2) is 5.13 Å². The Labute approximate surface area is 175 Å². The monoisotopic (exact) mass is 434 g/mol. The Morgan fingerprint density at radius 1 is 0.964 bits per heavy atom. The quantitative estimate of drug-likeness (QED) is 0.489. The molecule has 0 aliphatic heterocycles. The summed E-state index contributed by atoms with van der Waals surface area (Å²) in [6.07, 6.45) is 0.0574. The molecule has 9 heteroatoms. The number of amides is 3. The molecule has 28 heavy (non-hydrogen) atoms. The number of halogens is 2. The summed E-state index contributed by atoms with van der Waals surface area (Å²) in [5, 5.41) is 11.1. The molecule has 0 saturated heterocycles. The van der Waals surface area contributed by atoms with Gasteiger partial charge in [0.05, 0.1) is 12.1 Å². The Balaban J connectivity index is 1.53. The lowest BCUT2D eigenvalue weighted by Gasteiger charge is -2.06. The van der Waals surface area contributed by atoms with Gasteiger partial charge < -0.3 is 10.6 Å². The molecule has 1 aromatic heterocycles. The summed E-state index contributed by atoms with van der Waals surface area (Å²) in [7, 11) is 0. The molecule has 0 radical (unpaired) electrons. The summed E-state index contributed by atoms with van der Waals surface area (Å²) in [4.78, 5) is 28.5. The molecule has 0 spiro atoms. The maximum atomic E-state index is 12.2. The van der Waals surface area contributed by atoms with Crippen molar-refractivity contribution in [1.82, 2.24) is 4.98 Å². The lowest BCUT2D eigenvalue weighted by Crippen LogP contribution is -2.19. The average molecular weight is 435 g/mol. The fraction of sp³-hybridized carbons (Fsp3) is 0.105. The summed E-state index contributed by atoms with van der Waals surface area (Å²) in [5.41, 5.74) is 2.84. The van der Waals surface area contributed by atoms with E-state index >= 15 is 0 Å². The minimum Gasteiger partial charge on any atom is -0.326 e. The van der Waals surface area contributed by atoms with E-state index in [1.165, 1.54) is 11.3 Å². The van der Waals surface area contributed by atoms with Gasteiger partial charge in [0.1, 0.15) is 0 Å². The summed E-state index contributed by atoms with van der Waals surface area (Å²) >= 11 is 13.1. The predicted molar refractivity (Wildman–Crippen MR) is 115 cm³/mol. The molecule has 3 N–H and O–H groups in total. The fourth-order valence-electron chi connectivity index (χ4n) is 2.34. The maximum absolute atomic E-state index is 12.2. The standard InChI is InChI=1S/C19H16Cl2N4O2S/c1-11-2-4-14(5-3-11)23-18(27)25-19-24-16(10-28-19)9-17(26)22-15-7-12(20)6-13(21)8-15/h2-8,10H,9H2,1H3,(H,22,26)(H2,23,24,25,27). The Hall–Kier alpha value is -2.61. The molecule has 3 aromatic rings. The Morgan fingerprint density at radius 3 is 2.32 bits per heavy atom. The number of carbonyl (C=O) groups excluding carboxylic acids is 2. The lowest BCUT2D eigenvalue weighted by molar-refractivity contribution is -0.115. The van der Waals surface area contributed by atoms with Gasteiger partial charge in [-0.3, -0.25) is 10.1 Å². The van der Waals surface area contributed by atoms with E-state index in [9.17, 15) is 9.59 Å². The summed E-state index contributed by atoms with van der Waals surface area (Å²) in [5.74, 6) is -0.265. The molecular weight excluding hydrogens is 419 g/mol. The highest BCUT2D eigenvalue weighted by molar-refractivity contribution is 7.14. The van der Waals surface area contributed by atoms with Crippen LogP contribution in [0.25, 0.3) is 0 Å². The number of aromatic nitrogens is 1. The molecule has 0 unspecified atom stereocenters. The Morgan fingerprint density at radius 2 is 1.64 bits per heavy atom. The van der Waals surface area contributed by atoms with Crippen LogP contribution in [0.3, 0.4) is 0 Å². The van der Waals surface area contributed by atoms with E-state index in [1.807, 2.05) is 31.2 Å². The first kappa shape index (κ1) is 20.1. The third kappa shape index (κ3) is 5.95. The predicted octanol–water partition coefficient (Wildman–Crippen LogP) is 5.58. The number of benzene rings is 2. The number of aryl methyl sites for hydroxylation is 1. The van der Waals surface area contributed by atoms with Crippen molar-refractivity contribution >= 4 is 63.0 Å². The zero-order valence-corrected chi connectivity index (χ0v) is 17.1. The van der Waals surface area contributed by atoms with Crippen LogP contribution in [0.4, 0.5) is 21.3 Å². The average Bonchev–Trinajstić information content (AvgIpc) is 3.02.